The van der Waals surface area contributed by atoms with Gasteiger partial charge in [-0.1, -0.05) is 20.8 Å². The van der Waals surface area contributed by atoms with Crippen LogP contribution in [0, 0.1) is 21.3 Å². The largest absolute Gasteiger partial charge is 0.323 e. The van der Waals surface area contributed by atoms with Crippen LogP contribution in [0.15, 0.2) is 18.2 Å². The van der Waals surface area contributed by atoms with E-state index in [0.717, 1.165) is 18.2 Å². The van der Waals surface area contributed by atoms with Gasteiger partial charge in [-0.05, 0) is 6.07 Å². The zero-order chi connectivity index (χ0) is 13.2. The Bertz CT molecular complexity index is 466. The van der Waals surface area contributed by atoms with Crippen molar-refractivity contribution in [3.05, 3.63) is 34.1 Å². The molecule has 1 aromatic carbocycles. The average molecular weight is 240 g/mol. The number of hydrogen-bond acceptors (Lipinski definition) is 3. The van der Waals surface area contributed by atoms with Gasteiger partial charge in [0.2, 0.25) is 5.91 Å². The van der Waals surface area contributed by atoms with E-state index in [4.69, 9.17) is 0 Å². The normalized spacial score (nSPS) is 11.1. The van der Waals surface area contributed by atoms with E-state index >= 15 is 0 Å². The molecular formula is C11H13FN2O3. The molecule has 0 saturated carbocycles. The number of rotatable bonds is 2. The molecule has 0 aliphatic rings. The molecule has 0 heterocycles. The third-order valence-corrected chi connectivity index (χ3v) is 2.09. The molecule has 0 saturated heterocycles. The van der Waals surface area contributed by atoms with Gasteiger partial charge in [0.05, 0.1) is 10.6 Å². The molecule has 0 aliphatic heterocycles. The highest BCUT2D eigenvalue weighted by molar-refractivity contribution is 5.94. The number of nitro groups is 1. The fraction of sp³-hybridized carbons (Fsp3) is 0.364. The van der Waals surface area contributed by atoms with Crippen LogP contribution in [0.2, 0.25) is 0 Å². The SMILES string of the molecule is CC(C)(C)C(=O)Nc1cc([N+](=O)[O-])ccc1F. The van der Waals surface area contributed by atoms with Crippen molar-refractivity contribution >= 4 is 17.3 Å². The van der Waals surface area contributed by atoms with Gasteiger partial charge in [0.1, 0.15) is 5.82 Å². The fourth-order valence-corrected chi connectivity index (χ4v) is 1.03. The number of nitrogens with one attached hydrogen (secondary N) is 1. The second kappa shape index (κ2) is 4.48. The van der Waals surface area contributed by atoms with Crippen LogP contribution in [0.1, 0.15) is 20.8 Å². The molecule has 0 aliphatic carbocycles. The first-order valence-electron chi connectivity index (χ1n) is 4.97. The summed E-state index contributed by atoms with van der Waals surface area (Å²) in [6.07, 6.45) is 0. The fourth-order valence-electron chi connectivity index (χ4n) is 1.03. The molecule has 1 amide bonds. The minimum absolute atomic E-state index is 0.181. The summed E-state index contributed by atoms with van der Waals surface area (Å²) in [6, 6.07) is 3.00. The van der Waals surface area contributed by atoms with Gasteiger partial charge in [-0.25, -0.2) is 4.39 Å². The molecular weight excluding hydrogens is 227 g/mol. The summed E-state index contributed by atoms with van der Waals surface area (Å²) in [4.78, 5) is 21.5. The molecule has 0 spiro atoms. The van der Waals surface area contributed by atoms with Crippen molar-refractivity contribution in [1.82, 2.24) is 0 Å². The molecule has 0 bridgehead atoms. The molecule has 6 heteroatoms. The number of nitro benzene ring substituents is 1. The first kappa shape index (κ1) is 13.1. The summed E-state index contributed by atoms with van der Waals surface area (Å²) < 4.78 is 13.3. The number of carbonyl (C=O) groups excluding carboxylic acids is 1. The van der Waals surface area contributed by atoms with E-state index in [-0.39, 0.29) is 11.4 Å². The lowest BCUT2D eigenvalue weighted by Gasteiger charge is -2.17. The van der Waals surface area contributed by atoms with Gasteiger partial charge in [-0.15, -0.1) is 0 Å². The summed E-state index contributed by atoms with van der Waals surface area (Å²) in [5, 5.41) is 12.8. The second-order valence-electron chi connectivity index (χ2n) is 4.63. The van der Waals surface area contributed by atoms with E-state index in [0.29, 0.717) is 0 Å². The maximum Gasteiger partial charge on any atom is 0.271 e. The minimum Gasteiger partial charge on any atom is -0.323 e. The molecule has 0 radical (unpaired) electrons. The van der Waals surface area contributed by atoms with Crippen LogP contribution in [-0.4, -0.2) is 10.8 Å². The van der Waals surface area contributed by atoms with Crippen LogP contribution in [0.3, 0.4) is 0 Å². The monoisotopic (exact) mass is 240 g/mol. The molecule has 1 aromatic rings. The highest BCUT2D eigenvalue weighted by Gasteiger charge is 2.23. The van der Waals surface area contributed by atoms with Crippen molar-refractivity contribution in [3.63, 3.8) is 0 Å². The van der Waals surface area contributed by atoms with Crippen molar-refractivity contribution in [2.75, 3.05) is 5.32 Å². The molecule has 0 fully saturated rings. The number of amides is 1. The molecule has 0 atom stereocenters. The van der Waals surface area contributed by atoms with E-state index < -0.39 is 22.1 Å². The number of carbonyl (C=O) groups is 1. The zero-order valence-corrected chi connectivity index (χ0v) is 9.78. The van der Waals surface area contributed by atoms with Crippen molar-refractivity contribution in [2.45, 2.75) is 20.8 Å². The van der Waals surface area contributed by atoms with E-state index in [1.165, 1.54) is 0 Å². The summed E-state index contributed by atoms with van der Waals surface area (Å²) in [5.74, 6) is -1.11. The Hall–Kier alpha value is -1.98. The lowest BCUT2D eigenvalue weighted by Crippen LogP contribution is -2.28. The number of nitrogens with zero attached hydrogens (tertiary/aromatic N) is 1. The smallest absolute Gasteiger partial charge is 0.271 e. The summed E-state index contributed by atoms with van der Waals surface area (Å²) in [5.41, 5.74) is -1.15. The minimum atomic E-state index is -0.701. The third kappa shape index (κ3) is 3.24. The van der Waals surface area contributed by atoms with Crippen LogP contribution in [0.5, 0.6) is 0 Å². The van der Waals surface area contributed by atoms with Gasteiger partial charge < -0.3 is 5.32 Å². The van der Waals surface area contributed by atoms with E-state index in [9.17, 15) is 19.3 Å². The Morgan fingerprint density at radius 3 is 2.47 bits per heavy atom. The Balaban J connectivity index is 3.02. The molecule has 17 heavy (non-hydrogen) atoms. The van der Waals surface area contributed by atoms with Gasteiger partial charge in [-0.2, -0.15) is 0 Å². The second-order valence-corrected chi connectivity index (χ2v) is 4.63. The van der Waals surface area contributed by atoms with E-state index in [2.05, 4.69) is 5.32 Å². The average Bonchev–Trinajstić information content (AvgIpc) is 2.19. The highest BCUT2D eigenvalue weighted by atomic mass is 19.1. The lowest BCUT2D eigenvalue weighted by atomic mass is 9.95. The standard InChI is InChI=1S/C11H13FN2O3/c1-11(2,3)10(15)13-9-6-7(14(16)17)4-5-8(9)12/h4-6H,1-3H3,(H,13,15). The summed E-state index contributed by atoms with van der Waals surface area (Å²) >= 11 is 0. The zero-order valence-electron chi connectivity index (χ0n) is 9.78. The van der Waals surface area contributed by atoms with Gasteiger partial charge >= 0.3 is 0 Å². The van der Waals surface area contributed by atoms with Crippen molar-refractivity contribution in [3.8, 4) is 0 Å². The number of anilines is 1. The summed E-state index contributed by atoms with van der Waals surface area (Å²) in [6.45, 7) is 4.99. The number of non-ortho nitro benzene ring substituents is 1. The Morgan fingerprint density at radius 1 is 1.41 bits per heavy atom. The van der Waals surface area contributed by atoms with Crippen LogP contribution in [0.25, 0.3) is 0 Å². The van der Waals surface area contributed by atoms with Crippen LogP contribution < -0.4 is 5.32 Å². The summed E-state index contributed by atoms with van der Waals surface area (Å²) in [7, 11) is 0. The van der Waals surface area contributed by atoms with Gasteiger partial charge in [0.15, 0.2) is 0 Å². The Labute approximate surface area is 97.8 Å². The predicted molar refractivity (Wildman–Crippen MR) is 61.1 cm³/mol. The Kier molecular flexibility index (Phi) is 3.45. The number of benzene rings is 1. The molecule has 0 unspecified atom stereocenters. The van der Waals surface area contributed by atoms with Crippen molar-refractivity contribution < 1.29 is 14.1 Å². The van der Waals surface area contributed by atoms with Gasteiger partial charge in [0.25, 0.3) is 5.69 Å². The van der Waals surface area contributed by atoms with E-state index in [1.54, 1.807) is 20.8 Å². The predicted octanol–water partition coefficient (Wildman–Crippen LogP) is 2.72. The van der Waals surface area contributed by atoms with Crippen LogP contribution >= 0.6 is 0 Å². The molecule has 5 nitrogen and oxygen atoms in total. The van der Waals surface area contributed by atoms with Crippen LogP contribution in [0.4, 0.5) is 15.8 Å². The quantitative estimate of drug-likeness (QED) is 0.638. The van der Waals surface area contributed by atoms with E-state index in [1.807, 2.05) is 0 Å². The topological polar surface area (TPSA) is 72.2 Å². The first-order valence-corrected chi connectivity index (χ1v) is 4.97. The maximum atomic E-state index is 13.3. The number of hydrogen-bond donors (Lipinski definition) is 1. The van der Waals surface area contributed by atoms with Crippen molar-refractivity contribution in [2.24, 2.45) is 5.41 Å². The molecule has 0 aromatic heterocycles. The van der Waals surface area contributed by atoms with Crippen molar-refractivity contribution in [1.29, 1.82) is 0 Å². The molecule has 1 N–H and O–H groups in total. The lowest BCUT2D eigenvalue weighted by molar-refractivity contribution is -0.384. The van der Waals surface area contributed by atoms with Crippen LogP contribution in [-0.2, 0) is 4.79 Å². The first-order chi connectivity index (χ1) is 7.71. The van der Waals surface area contributed by atoms with Gasteiger partial charge in [0, 0.05) is 17.5 Å². The number of halogens is 1. The highest BCUT2D eigenvalue weighted by Crippen LogP contribution is 2.23. The van der Waals surface area contributed by atoms with Gasteiger partial charge in [-0.3, -0.25) is 14.9 Å². The molecule has 1 rings (SSSR count). The maximum absolute atomic E-state index is 13.3. The Morgan fingerprint density at radius 2 is 2.00 bits per heavy atom. The molecule has 92 valence electrons. The third-order valence-electron chi connectivity index (χ3n) is 2.09.